The van der Waals surface area contributed by atoms with Gasteiger partial charge in [-0.2, -0.15) is 0 Å². The molecule has 0 atom stereocenters. The van der Waals surface area contributed by atoms with Crippen molar-refractivity contribution in [2.75, 3.05) is 5.73 Å². The molecule has 2 N–H and O–H groups in total. The highest BCUT2D eigenvalue weighted by Crippen LogP contribution is 2.35. The first-order valence-electron chi connectivity index (χ1n) is 3.31. The monoisotopic (exact) mass is 309 g/mol. The molecule has 12 heavy (non-hydrogen) atoms. The molecule has 0 fully saturated rings. The highest BCUT2D eigenvalue weighted by Gasteiger charge is 2.05. The van der Waals surface area contributed by atoms with Crippen LogP contribution >= 0.6 is 45.5 Å². The second-order valence-corrected chi connectivity index (χ2v) is 5.78. The molecule has 0 amide bonds. The highest BCUT2D eigenvalue weighted by atomic mass is 127. The lowest BCUT2D eigenvalue weighted by atomic mass is 10.2. The fourth-order valence-corrected chi connectivity index (χ4v) is 3.16. The Bertz CT molecular complexity index is 399. The molecule has 0 bridgehead atoms. The number of anilines is 1. The molecule has 0 aliphatic rings. The Hall–Kier alpha value is -0.000000000000000111. The third-order valence-corrected chi connectivity index (χ3v) is 3.99. The average molecular weight is 310 g/mol. The van der Waals surface area contributed by atoms with Crippen molar-refractivity contribution in [1.29, 1.82) is 0 Å². The number of halogens is 2. The fraction of sp³-hybridized carbons (Fsp3) is 0. The molecule has 1 aromatic heterocycles. The molecule has 0 spiro atoms. The molecular formula is C8H5ClINS. The van der Waals surface area contributed by atoms with Gasteiger partial charge in [0.1, 0.15) is 0 Å². The van der Waals surface area contributed by atoms with E-state index in [-0.39, 0.29) is 0 Å². The largest absolute Gasteiger partial charge is 0.398 e. The Labute approximate surface area is 92.7 Å². The smallest absolute Gasteiger partial charge is 0.0667 e. The van der Waals surface area contributed by atoms with E-state index in [1.807, 2.05) is 12.1 Å². The maximum Gasteiger partial charge on any atom is 0.0667 e. The summed E-state index contributed by atoms with van der Waals surface area (Å²) in [7, 11) is 0. The van der Waals surface area contributed by atoms with Gasteiger partial charge < -0.3 is 5.73 Å². The van der Waals surface area contributed by atoms with Crippen molar-refractivity contribution in [1.82, 2.24) is 0 Å². The van der Waals surface area contributed by atoms with Crippen molar-refractivity contribution < 1.29 is 0 Å². The molecule has 0 saturated heterocycles. The molecule has 1 heterocycles. The van der Waals surface area contributed by atoms with E-state index in [0.717, 1.165) is 20.8 Å². The lowest BCUT2D eigenvalue weighted by Crippen LogP contribution is -1.83. The Morgan fingerprint density at radius 1 is 1.42 bits per heavy atom. The Balaban J connectivity index is 2.93. The summed E-state index contributed by atoms with van der Waals surface area (Å²) in [5.41, 5.74) is 6.58. The Kier molecular flexibility index (Phi) is 2.18. The van der Waals surface area contributed by atoms with Crippen LogP contribution in [0.3, 0.4) is 0 Å². The molecule has 1 nitrogen and oxygen atoms in total. The van der Waals surface area contributed by atoms with Crippen molar-refractivity contribution in [2.45, 2.75) is 0 Å². The predicted octanol–water partition coefficient (Wildman–Crippen LogP) is 3.74. The first kappa shape index (κ1) is 8.59. The zero-order valence-corrected chi connectivity index (χ0v) is 9.70. The van der Waals surface area contributed by atoms with Crippen LogP contribution in [0.15, 0.2) is 18.2 Å². The third kappa shape index (κ3) is 1.30. The number of thiophene rings is 1. The molecule has 62 valence electrons. The summed E-state index contributed by atoms with van der Waals surface area (Å²) in [6.07, 6.45) is 0. The minimum absolute atomic E-state index is 0.784. The lowest BCUT2D eigenvalue weighted by molar-refractivity contribution is 1.79. The summed E-state index contributed by atoms with van der Waals surface area (Å²) in [5.74, 6) is 0. The number of hydrogen-bond acceptors (Lipinski definition) is 2. The quantitative estimate of drug-likeness (QED) is 0.582. The van der Waals surface area contributed by atoms with Crippen LogP contribution in [0, 0.1) is 2.88 Å². The van der Waals surface area contributed by atoms with Gasteiger partial charge in [0.05, 0.1) is 12.6 Å². The first-order valence-corrected chi connectivity index (χ1v) is 5.59. The van der Waals surface area contributed by atoms with Gasteiger partial charge >= 0.3 is 0 Å². The van der Waals surface area contributed by atoms with Crippen molar-refractivity contribution in [3.63, 3.8) is 0 Å². The number of benzene rings is 1. The topological polar surface area (TPSA) is 26.0 Å². The van der Waals surface area contributed by atoms with Crippen molar-refractivity contribution in [3.05, 3.63) is 26.1 Å². The Morgan fingerprint density at radius 3 is 2.83 bits per heavy atom. The minimum atomic E-state index is 0.784. The molecule has 0 saturated carbocycles. The van der Waals surface area contributed by atoms with Gasteiger partial charge in [0.2, 0.25) is 0 Å². The average Bonchev–Trinajstić information content (AvgIpc) is 2.41. The summed E-state index contributed by atoms with van der Waals surface area (Å²) in [4.78, 5) is 0. The number of nitrogens with two attached hydrogens (primary N) is 1. The molecule has 2 aromatic rings. The second kappa shape index (κ2) is 3.05. The fourth-order valence-electron chi connectivity index (χ4n) is 1.08. The van der Waals surface area contributed by atoms with Crippen LogP contribution in [-0.4, -0.2) is 0 Å². The van der Waals surface area contributed by atoms with Crippen molar-refractivity contribution >= 4 is 61.3 Å². The summed E-state index contributed by atoms with van der Waals surface area (Å²) >= 11 is 9.93. The SMILES string of the molecule is Nc1ccc(Cl)c2sc(I)cc12. The van der Waals surface area contributed by atoms with Crippen LogP contribution in [0.2, 0.25) is 5.02 Å². The standard InChI is InChI=1S/C8H5ClINS/c9-5-1-2-6(11)4-3-7(10)12-8(4)5/h1-3H,11H2. The van der Waals surface area contributed by atoms with Crippen LogP contribution in [0.4, 0.5) is 5.69 Å². The summed E-state index contributed by atoms with van der Waals surface area (Å²) in [6, 6.07) is 5.74. The van der Waals surface area contributed by atoms with Gasteiger partial charge in [0.15, 0.2) is 0 Å². The zero-order chi connectivity index (χ0) is 8.72. The van der Waals surface area contributed by atoms with Gasteiger partial charge in [-0.3, -0.25) is 0 Å². The number of nitrogen functional groups attached to an aromatic ring is 1. The van der Waals surface area contributed by atoms with Crippen molar-refractivity contribution in [2.24, 2.45) is 0 Å². The Morgan fingerprint density at radius 2 is 2.17 bits per heavy atom. The number of rotatable bonds is 0. The van der Waals surface area contributed by atoms with E-state index >= 15 is 0 Å². The maximum atomic E-state index is 5.99. The number of fused-ring (bicyclic) bond motifs is 1. The zero-order valence-electron chi connectivity index (χ0n) is 5.97. The molecule has 2 rings (SSSR count). The van der Waals surface area contributed by atoms with E-state index < -0.39 is 0 Å². The summed E-state index contributed by atoms with van der Waals surface area (Å²) in [6.45, 7) is 0. The molecule has 1 aromatic carbocycles. The van der Waals surface area contributed by atoms with Crippen LogP contribution in [0.25, 0.3) is 10.1 Å². The summed E-state index contributed by atoms with van der Waals surface area (Å²) in [5, 5.41) is 1.85. The van der Waals surface area contributed by atoms with Gasteiger partial charge in [-0.15, -0.1) is 11.3 Å². The van der Waals surface area contributed by atoms with Crippen LogP contribution < -0.4 is 5.73 Å². The third-order valence-electron chi connectivity index (χ3n) is 1.64. The lowest BCUT2D eigenvalue weighted by Gasteiger charge is -1.96. The van der Waals surface area contributed by atoms with E-state index in [0.29, 0.717) is 0 Å². The molecule has 0 radical (unpaired) electrons. The van der Waals surface area contributed by atoms with Gasteiger partial charge in [0, 0.05) is 11.1 Å². The van der Waals surface area contributed by atoms with Crippen LogP contribution in [-0.2, 0) is 0 Å². The number of hydrogen-bond donors (Lipinski definition) is 1. The molecule has 0 aliphatic carbocycles. The second-order valence-electron chi connectivity index (χ2n) is 2.43. The van der Waals surface area contributed by atoms with E-state index in [4.69, 9.17) is 17.3 Å². The molecule has 4 heteroatoms. The minimum Gasteiger partial charge on any atom is -0.398 e. The van der Waals surface area contributed by atoms with Gasteiger partial charge in [-0.1, -0.05) is 11.6 Å². The van der Waals surface area contributed by atoms with E-state index in [1.54, 1.807) is 11.3 Å². The molecule has 0 unspecified atom stereocenters. The molecular weight excluding hydrogens is 305 g/mol. The van der Waals surface area contributed by atoms with Crippen molar-refractivity contribution in [3.8, 4) is 0 Å². The van der Waals surface area contributed by atoms with E-state index in [9.17, 15) is 0 Å². The van der Waals surface area contributed by atoms with Gasteiger partial charge in [0.25, 0.3) is 0 Å². The molecule has 0 aliphatic heterocycles. The van der Waals surface area contributed by atoms with E-state index in [1.165, 1.54) is 2.88 Å². The van der Waals surface area contributed by atoms with Gasteiger partial charge in [-0.05, 0) is 40.8 Å². The maximum absolute atomic E-state index is 5.99. The van der Waals surface area contributed by atoms with Crippen LogP contribution in [0.5, 0.6) is 0 Å². The summed E-state index contributed by atoms with van der Waals surface area (Å²) < 4.78 is 2.29. The first-order chi connectivity index (χ1) is 5.68. The normalized spacial score (nSPS) is 10.8. The van der Waals surface area contributed by atoms with Crippen LogP contribution in [0.1, 0.15) is 0 Å². The van der Waals surface area contributed by atoms with Gasteiger partial charge in [-0.25, -0.2) is 0 Å². The highest BCUT2D eigenvalue weighted by molar-refractivity contribution is 14.1. The van der Waals surface area contributed by atoms with E-state index in [2.05, 4.69) is 28.7 Å². The predicted molar refractivity (Wildman–Crippen MR) is 64.0 cm³/mol.